The van der Waals surface area contributed by atoms with E-state index in [2.05, 4.69) is 50.0 Å². The summed E-state index contributed by atoms with van der Waals surface area (Å²) in [5.74, 6) is 0. The molecule has 0 atom stereocenters. The second kappa shape index (κ2) is 19.1. The summed E-state index contributed by atoms with van der Waals surface area (Å²) in [6, 6.07) is 22.4. The molecule has 2 N–H and O–H groups in total. The third-order valence-electron chi connectivity index (χ3n) is 6.05. The Kier molecular flexibility index (Phi) is 17.6. The maximum absolute atomic E-state index is 7.86. The summed E-state index contributed by atoms with van der Waals surface area (Å²) in [6.45, 7) is 6.27. The summed E-state index contributed by atoms with van der Waals surface area (Å²) < 4.78 is 0. The molecule has 0 radical (unpaired) electrons. The van der Waals surface area contributed by atoms with Crippen LogP contribution in [0.25, 0.3) is 11.1 Å². The monoisotopic (exact) mass is 599 g/mol. The number of hydrogen-bond donors (Lipinski definition) is 2. The van der Waals surface area contributed by atoms with E-state index in [1.807, 2.05) is 85.1 Å². The largest absolute Gasteiger partial charge is 2.00 e. The molecule has 5 rings (SSSR count). The van der Waals surface area contributed by atoms with Crippen molar-refractivity contribution in [3.63, 3.8) is 0 Å². The minimum absolute atomic E-state index is 0. The van der Waals surface area contributed by atoms with E-state index < -0.39 is 0 Å². The number of aromatic nitrogens is 1. The summed E-state index contributed by atoms with van der Waals surface area (Å²) in [5.41, 5.74) is 9.54. The minimum Gasteiger partial charge on any atom is -1.00 e. The van der Waals surface area contributed by atoms with E-state index in [-0.39, 0.29) is 41.9 Å². The molecule has 3 nitrogen and oxygen atoms in total. The molecule has 0 saturated heterocycles. The van der Waals surface area contributed by atoms with Gasteiger partial charge in [0.25, 0.3) is 0 Å². The van der Waals surface area contributed by atoms with E-state index in [0.717, 1.165) is 36.1 Å². The number of pyridine rings is 1. The van der Waals surface area contributed by atoms with Crippen molar-refractivity contribution >= 4 is 22.6 Å². The van der Waals surface area contributed by atoms with Crippen molar-refractivity contribution in [2.45, 2.75) is 40.0 Å². The van der Waals surface area contributed by atoms with Gasteiger partial charge in [-0.05, 0) is 54.7 Å². The molecule has 204 valence electrons. The fraction of sp³-hybridized carbons (Fsp3) is 0.182. The molecular weight excluding hydrogens is 565 g/mol. The quantitative estimate of drug-likeness (QED) is 0.446. The van der Waals surface area contributed by atoms with Crippen molar-refractivity contribution in [3.05, 3.63) is 137 Å². The summed E-state index contributed by atoms with van der Waals surface area (Å²) in [5, 5.41) is 15.7. The first kappa shape index (κ1) is 36.0. The first-order valence-electron chi connectivity index (χ1n) is 12.4. The Morgan fingerprint density at radius 2 is 1.10 bits per heavy atom. The van der Waals surface area contributed by atoms with Gasteiger partial charge in [0.15, 0.2) is 0 Å². The maximum Gasteiger partial charge on any atom is 2.00 e. The SMILES string of the molecule is CCc1ccccn1.Cc1ccccc1C1=CC=CCC1=N.Cc1ccccc1C1=CC=CCC1=N.[Cl-].[Cl-].[Fe+2]. The molecule has 0 saturated carbocycles. The van der Waals surface area contributed by atoms with Crippen molar-refractivity contribution in [3.8, 4) is 0 Å². The van der Waals surface area contributed by atoms with Gasteiger partial charge in [-0.3, -0.25) is 4.98 Å². The number of hydrogen-bond acceptors (Lipinski definition) is 3. The maximum atomic E-state index is 7.86. The minimum atomic E-state index is 0. The Bertz CT molecular complexity index is 1240. The van der Waals surface area contributed by atoms with Crippen LogP contribution in [0.5, 0.6) is 0 Å². The molecule has 2 aliphatic rings. The van der Waals surface area contributed by atoms with Crippen LogP contribution in [-0.4, -0.2) is 16.4 Å². The fourth-order valence-corrected chi connectivity index (χ4v) is 3.98. The van der Waals surface area contributed by atoms with Gasteiger partial charge in [-0.25, -0.2) is 0 Å². The molecular formula is C33H35Cl2FeN3. The zero-order chi connectivity index (χ0) is 25.8. The predicted molar refractivity (Wildman–Crippen MR) is 155 cm³/mol. The number of halogens is 2. The molecule has 0 amide bonds. The number of benzene rings is 2. The third-order valence-corrected chi connectivity index (χ3v) is 6.05. The Balaban J connectivity index is 0.000000554. The number of nitrogens with one attached hydrogen (secondary N) is 2. The van der Waals surface area contributed by atoms with Gasteiger partial charge >= 0.3 is 17.1 Å². The van der Waals surface area contributed by atoms with Crippen LogP contribution in [-0.2, 0) is 23.5 Å². The van der Waals surface area contributed by atoms with Crippen LogP contribution in [0, 0.1) is 24.7 Å². The Labute approximate surface area is 256 Å². The second-order valence-corrected chi connectivity index (χ2v) is 8.69. The Hall–Kier alpha value is -3.01. The molecule has 2 aliphatic carbocycles. The molecule has 0 fully saturated rings. The summed E-state index contributed by atoms with van der Waals surface area (Å²) in [6.07, 6.45) is 16.5. The first-order chi connectivity index (χ1) is 17.5. The van der Waals surface area contributed by atoms with Crippen molar-refractivity contribution in [2.75, 3.05) is 0 Å². The zero-order valence-corrected chi connectivity index (χ0v) is 25.2. The Morgan fingerprint density at radius 1 is 0.667 bits per heavy atom. The fourth-order valence-electron chi connectivity index (χ4n) is 3.98. The molecule has 1 aromatic heterocycles. The molecule has 0 aliphatic heterocycles. The van der Waals surface area contributed by atoms with Gasteiger partial charge in [0.05, 0.1) is 0 Å². The van der Waals surface area contributed by atoms with Gasteiger partial charge in [-0.15, -0.1) is 0 Å². The topological polar surface area (TPSA) is 60.6 Å². The first-order valence-corrected chi connectivity index (χ1v) is 12.4. The third kappa shape index (κ3) is 10.9. The van der Waals surface area contributed by atoms with Crippen molar-refractivity contribution in [1.82, 2.24) is 4.98 Å². The van der Waals surface area contributed by atoms with E-state index in [9.17, 15) is 0 Å². The van der Waals surface area contributed by atoms with E-state index in [4.69, 9.17) is 10.8 Å². The van der Waals surface area contributed by atoms with E-state index in [0.29, 0.717) is 11.4 Å². The van der Waals surface area contributed by atoms with Gasteiger partial charge in [0, 0.05) is 47.3 Å². The van der Waals surface area contributed by atoms with Gasteiger partial charge in [0.1, 0.15) is 0 Å². The van der Waals surface area contributed by atoms with Crippen LogP contribution in [0.2, 0.25) is 0 Å². The summed E-state index contributed by atoms with van der Waals surface area (Å²) in [7, 11) is 0. The van der Waals surface area contributed by atoms with Crippen LogP contribution in [0.3, 0.4) is 0 Å². The number of rotatable bonds is 3. The van der Waals surface area contributed by atoms with Crippen LogP contribution >= 0.6 is 0 Å². The molecule has 6 heteroatoms. The van der Waals surface area contributed by atoms with E-state index >= 15 is 0 Å². The summed E-state index contributed by atoms with van der Waals surface area (Å²) >= 11 is 0. The molecule has 0 bridgehead atoms. The van der Waals surface area contributed by atoms with Crippen LogP contribution in [0.4, 0.5) is 0 Å². The molecule has 39 heavy (non-hydrogen) atoms. The van der Waals surface area contributed by atoms with Crippen molar-refractivity contribution < 1.29 is 41.9 Å². The van der Waals surface area contributed by atoms with Crippen LogP contribution in [0.15, 0.2) is 109 Å². The molecule has 0 unspecified atom stereocenters. The number of aryl methyl sites for hydroxylation is 3. The second-order valence-electron chi connectivity index (χ2n) is 8.69. The Morgan fingerprint density at radius 3 is 1.44 bits per heavy atom. The number of nitrogens with zero attached hydrogens (tertiary/aromatic N) is 1. The van der Waals surface area contributed by atoms with Crippen molar-refractivity contribution in [2.24, 2.45) is 0 Å². The smallest absolute Gasteiger partial charge is 1.00 e. The van der Waals surface area contributed by atoms with E-state index in [1.165, 1.54) is 22.3 Å². The van der Waals surface area contributed by atoms with Gasteiger partial charge < -0.3 is 35.6 Å². The molecule has 2 aromatic carbocycles. The molecule has 1 heterocycles. The van der Waals surface area contributed by atoms with Crippen LogP contribution in [0.1, 0.15) is 47.7 Å². The van der Waals surface area contributed by atoms with Gasteiger partial charge in [0.2, 0.25) is 0 Å². The normalized spacial score (nSPS) is 13.0. The average molecular weight is 600 g/mol. The summed E-state index contributed by atoms with van der Waals surface area (Å²) in [4.78, 5) is 4.10. The predicted octanol–water partition coefficient (Wildman–Crippen LogP) is 2.37. The van der Waals surface area contributed by atoms with Crippen LogP contribution < -0.4 is 24.8 Å². The van der Waals surface area contributed by atoms with E-state index in [1.54, 1.807) is 0 Å². The zero-order valence-electron chi connectivity index (χ0n) is 22.6. The molecule has 0 spiro atoms. The number of allylic oxidation sites excluding steroid dienone is 8. The van der Waals surface area contributed by atoms with Gasteiger partial charge in [-0.2, -0.15) is 0 Å². The standard InChI is InChI=1S/2C13H13N.C7H9N.2ClH.Fe/c2*1-10-6-2-3-7-11(10)12-8-4-5-9-13(12)14;1-2-7-5-3-4-6-8-7;;;/h2*2-8,14H,9H2,1H3;3-6H,2H2,1H3;2*1H;/q;;;;;+2/p-2. The van der Waals surface area contributed by atoms with Gasteiger partial charge in [-0.1, -0.05) is 98.0 Å². The average Bonchev–Trinajstić information content (AvgIpc) is 2.91. The molecule has 3 aromatic rings. The van der Waals surface area contributed by atoms with Crippen molar-refractivity contribution in [1.29, 1.82) is 10.8 Å².